The number of aryl methyl sites for hydroxylation is 1. The van der Waals surface area contributed by atoms with Gasteiger partial charge in [0.1, 0.15) is 12.1 Å². The first-order valence-electron chi connectivity index (χ1n) is 14.5. The number of amides is 3. The van der Waals surface area contributed by atoms with Gasteiger partial charge in [-0.15, -0.1) is 11.3 Å². The van der Waals surface area contributed by atoms with Crippen LogP contribution in [-0.2, 0) is 20.8 Å². The number of benzene rings is 1. The number of nitrogens with zero attached hydrogens (tertiary/aromatic N) is 4. The molecule has 4 heterocycles. The first-order valence-corrected chi connectivity index (χ1v) is 16.1. The molecule has 1 aromatic heterocycles. The van der Waals surface area contributed by atoms with Crippen molar-refractivity contribution in [3.8, 4) is 0 Å². The molecule has 3 amide bonds. The van der Waals surface area contributed by atoms with Crippen LogP contribution in [-0.4, -0.2) is 93.5 Å². The minimum absolute atomic E-state index is 0.00904. The number of Topliss-reactive ketones (excluding diaryl/α,β-unsaturated/α-hetero) is 1. The highest BCUT2D eigenvalue weighted by Crippen LogP contribution is 2.31. The van der Waals surface area contributed by atoms with Crippen molar-refractivity contribution in [2.45, 2.75) is 63.1 Å². The Morgan fingerprint density at radius 3 is 2.72 bits per heavy atom. The third kappa shape index (κ3) is 7.13. The van der Waals surface area contributed by atoms with E-state index in [0.29, 0.717) is 66.8 Å². The van der Waals surface area contributed by atoms with E-state index in [9.17, 15) is 19.2 Å². The Morgan fingerprint density at radius 2 is 2.00 bits per heavy atom. The number of hydrogen-bond donors (Lipinski definition) is 3. The van der Waals surface area contributed by atoms with Crippen molar-refractivity contribution < 1.29 is 19.2 Å². The van der Waals surface area contributed by atoms with Gasteiger partial charge in [0.2, 0.25) is 23.5 Å². The first kappa shape index (κ1) is 31.2. The molecule has 3 aliphatic heterocycles. The summed E-state index contributed by atoms with van der Waals surface area (Å²) in [5.41, 5.74) is 6.70. The van der Waals surface area contributed by atoms with E-state index in [1.54, 1.807) is 33.5 Å². The van der Waals surface area contributed by atoms with Crippen LogP contribution < -0.4 is 11.1 Å². The number of carbonyl (C=O) groups is 4. The molecule has 11 nitrogen and oxygen atoms in total. The van der Waals surface area contributed by atoms with Crippen LogP contribution in [0.25, 0.3) is 0 Å². The second-order valence-corrected chi connectivity index (χ2v) is 13.1. The average molecular weight is 649 g/mol. The maximum absolute atomic E-state index is 13.6. The fourth-order valence-corrected chi connectivity index (χ4v) is 7.31. The zero-order valence-corrected chi connectivity index (χ0v) is 26.0. The molecule has 230 valence electrons. The Labute approximate surface area is 264 Å². The highest BCUT2D eigenvalue weighted by molar-refractivity contribution is 7.11. The number of nitrogens with one attached hydrogen (secondary N) is 2. The highest BCUT2D eigenvalue weighted by atomic mass is 35.5. The van der Waals surface area contributed by atoms with E-state index >= 15 is 0 Å². The minimum Gasteiger partial charge on any atom is -0.370 e. The molecule has 5 rings (SSSR count). The van der Waals surface area contributed by atoms with E-state index in [4.69, 9.17) is 34.3 Å². The molecular formula is C29H35Cl2N7O4S. The van der Waals surface area contributed by atoms with Gasteiger partial charge in [-0.05, 0) is 68.6 Å². The summed E-state index contributed by atoms with van der Waals surface area (Å²) in [5.74, 6) is -1.13. The lowest BCUT2D eigenvalue weighted by atomic mass is 9.89. The Kier molecular flexibility index (Phi) is 9.88. The highest BCUT2D eigenvalue weighted by Gasteiger charge is 2.49. The maximum atomic E-state index is 13.6. The van der Waals surface area contributed by atoms with Gasteiger partial charge in [0.25, 0.3) is 0 Å². The Balaban J connectivity index is 1.22. The molecule has 0 bridgehead atoms. The molecule has 3 aliphatic rings. The van der Waals surface area contributed by atoms with Gasteiger partial charge < -0.3 is 25.8 Å². The lowest BCUT2D eigenvalue weighted by Crippen LogP contribution is -2.62. The molecule has 0 saturated carbocycles. The summed E-state index contributed by atoms with van der Waals surface area (Å²) in [4.78, 5) is 62.6. The Bertz CT molecular complexity index is 1390. The molecule has 1 aromatic carbocycles. The minimum atomic E-state index is -0.844. The van der Waals surface area contributed by atoms with Crippen LogP contribution in [0.15, 0.2) is 29.8 Å². The summed E-state index contributed by atoms with van der Waals surface area (Å²) in [6.45, 7) is 1.53. The summed E-state index contributed by atoms with van der Waals surface area (Å²) < 4.78 is 0. The number of ketones is 1. The van der Waals surface area contributed by atoms with E-state index in [1.165, 1.54) is 16.2 Å². The number of piperazine rings is 1. The molecular weight excluding hydrogens is 613 g/mol. The fourth-order valence-electron chi connectivity index (χ4n) is 6.35. The number of hydrogen-bond acceptors (Lipinski definition) is 7. The number of aromatic nitrogens is 1. The molecule has 4 N–H and O–H groups in total. The van der Waals surface area contributed by atoms with Gasteiger partial charge in [0.15, 0.2) is 11.0 Å². The fraction of sp³-hybridized carbons (Fsp3) is 0.517. The molecule has 0 spiro atoms. The standard InChI is InChI=1S/C29H35Cl2N7O4S/c30-19-6-5-17(13-20(19)31)3-1-10-36-16-24(39)38-22(7-8-23(38)28(36)42)26(41)35-21(25(40)27-34-9-12-43-27)14-18-4-2-11-37(15-18)29(32)33/h5-6,9,12-13,18,21-23H,1-4,7-8,10-11,14-16H2,(H3,32,33)(H,35,41)/t18-,21-,22-,23-/m0/s1. The lowest BCUT2D eigenvalue weighted by molar-refractivity contribution is -0.157. The van der Waals surface area contributed by atoms with Crippen LogP contribution in [0.1, 0.15) is 53.9 Å². The van der Waals surface area contributed by atoms with Crippen LogP contribution in [0.5, 0.6) is 0 Å². The molecule has 0 unspecified atom stereocenters. The Hall–Kier alpha value is -3.22. The van der Waals surface area contributed by atoms with Crippen molar-refractivity contribution >= 4 is 64.0 Å². The summed E-state index contributed by atoms with van der Waals surface area (Å²) in [6, 6.07) is 3.06. The van der Waals surface area contributed by atoms with Crippen LogP contribution >= 0.6 is 34.5 Å². The average Bonchev–Trinajstić information content (AvgIpc) is 3.68. The van der Waals surface area contributed by atoms with Crippen molar-refractivity contribution in [2.75, 3.05) is 26.2 Å². The first-order chi connectivity index (χ1) is 20.6. The smallest absolute Gasteiger partial charge is 0.245 e. The number of carbonyl (C=O) groups excluding carboxylic acids is 4. The van der Waals surface area contributed by atoms with Crippen LogP contribution in [0.2, 0.25) is 10.0 Å². The zero-order chi connectivity index (χ0) is 30.7. The quantitative estimate of drug-likeness (QED) is 0.204. The van der Waals surface area contributed by atoms with Crippen molar-refractivity contribution in [1.82, 2.24) is 25.0 Å². The summed E-state index contributed by atoms with van der Waals surface area (Å²) in [7, 11) is 0. The van der Waals surface area contributed by atoms with Crippen LogP contribution in [0, 0.1) is 11.3 Å². The second kappa shape index (κ2) is 13.6. The summed E-state index contributed by atoms with van der Waals surface area (Å²) in [5, 5.41) is 13.7. The topological polar surface area (TPSA) is 153 Å². The van der Waals surface area contributed by atoms with Gasteiger partial charge in [0.05, 0.1) is 22.6 Å². The number of rotatable bonds is 10. The lowest BCUT2D eigenvalue weighted by Gasteiger charge is -2.39. The number of piperidine rings is 1. The SMILES string of the molecule is N=C(N)N1CCC[C@@H](C[C@H](NC(=O)[C@@H]2CC[C@H]3C(=O)N(CCCc4ccc(Cl)c(Cl)c4)CC(=O)N23)C(=O)c2nccs2)C1. The molecule has 4 atom stereocenters. The normalized spacial score (nSPS) is 22.8. The third-order valence-electron chi connectivity index (χ3n) is 8.48. The van der Waals surface area contributed by atoms with E-state index in [2.05, 4.69) is 10.3 Å². The van der Waals surface area contributed by atoms with Gasteiger partial charge >= 0.3 is 0 Å². The van der Waals surface area contributed by atoms with Crippen molar-refractivity contribution in [3.05, 3.63) is 50.4 Å². The van der Waals surface area contributed by atoms with Gasteiger partial charge in [-0.1, -0.05) is 29.3 Å². The summed E-state index contributed by atoms with van der Waals surface area (Å²) >= 11 is 13.3. The Morgan fingerprint density at radius 1 is 1.19 bits per heavy atom. The predicted octanol–water partition coefficient (Wildman–Crippen LogP) is 2.95. The van der Waals surface area contributed by atoms with Crippen molar-refractivity contribution in [2.24, 2.45) is 11.7 Å². The molecule has 3 fully saturated rings. The molecule has 0 aliphatic carbocycles. The van der Waals surface area contributed by atoms with Crippen LogP contribution in [0.3, 0.4) is 0 Å². The third-order valence-corrected chi connectivity index (χ3v) is 10.0. The number of thiazole rings is 1. The molecule has 43 heavy (non-hydrogen) atoms. The largest absolute Gasteiger partial charge is 0.370 e. The number of halogens is 2. The van der Waals surface area contributed by atoms with Gasteiger partial charge in [-0.3, -0.25) is 24.6 Å². The zero-order valence-electron chi connectivity index (χ0n) is 23.6. The van der Waals surface area contributed by atoms with Crippen LogP contribution in [0.4, 0.5) is 0 Å². The van der Waals surface area contributed by atoms with Gasteiger partial charge in [0, 0.05) is 31.2 Å². The van der Waals surface area contributed by atoms with E-state index in [-0.39, 0.29) is 36.0 Å². The molecule has 2 aromatic rings. The number of fused-ring (bicyclic) bond motifs is 1. The molecule has 14 heteroatoms. The van der Waals surface area contributed by atoms with E-state index in [0.717, 1.165) is 18.4 Å². The monoisotopic (exact) mass is 647 g/mol. The van der Waals surface area contributed by atoms with Gasteiger partial charge in [-0.25, -0.2) is 4.98 Å². The van der Waals surface area contributed by atoms with E-state index in [1.807, 2.05) is 6.07 Å². The summed E-state index contributed by atoms with van der Waals surface area (Å²) in [6.07, 6.45) is 5.62. The number of likely N-dealkylation sites (tertiary alicyclic amines) is 1. The number of nitrogens with two attached hydrogens (primary N) is 1. The van der Waals surface area contributed by atoms with E-state index < -0.39 is 24.0 Å². The predicted molar refractivity (Wildman–Crippen MR) is 164 cm³/mol. The second-order valence-electron chi connectivity index (χ2n) is 11.4. The number of guanidine groups is 1. The van der Waals surface area contributed by atoms with Crippen molar-refractivity contribution in [1.29, 1.82) is 5.41 Å². The molecule has 3 saturated heterocycles. The van der Waals surface area contributed by atoms with Gasteiger partial charge in [-0.2, -0.15) is 0 Å². The van der Waals surface area contributed by atoms with Crippen molar-refractivity contribution in [3.63, 3.8) is 0 Å². The molecule has 0 radical (unpaired) electrons. The maximum Gasteiger partial charge on any atom is 0.245 e.